The molecule has 0 saturated heterocycles. The lowest BCUT2D eigenvalue weighted by molar-refractivity contribution is 0.205. The molecular formula is C15H26FIN4O3S. The fraction of sp³-hybridized carbons (Fsp3) is 0.533. The highest BCUT2D eigenvalue weighted by atomic mass is 127. The molecule has 0 radical (unpaired) electrons. The molecule has 25 heavy (non-hydrogen) atoms. The summed E-state index contributed by atoms with van der Waals surface area (Å²) in [4.78, 5) is 4.36. The minimum atomic E-state index is -3.52. The Morgan fingerprint density at radius 2 is 2.08 bits per heavy atom. The first kappa shape index (κ1) is 23.9. The van der Waals surface area contributed by atoms with Gasteiger partial charge in [0.2, 0.25) is 10.0 Å². The Morgan fingerprint density at radius 3 is 2.64 bits per heavy atom. The molecule has 0 saturated carbocycles. The molecule has 144 valence electrons. The second kappa shape index (κ2) is 12.3. The van der Waals surface area contributed by atoms with E-state index in [-0.39, 0.29) is 48.2 Å². The van der Waals surface area contributed by atoms with Crippen molar-refractivity contribution in [3.8, 4) is 5.75 Å². The molecule has 0 aliphatic heterocycles. The van der Waals surface area contributed by atoms with Crippen molar-refractivity contribution in [3.63, 3.8) is 0 Å². The third-order valence-corrected chi connectivity index (χ3v) is 3.80. The van der Waals surface area contributed by atoms with Gasteiger partial charge in [0, 0.05) is 19.2 Å². The van der Waals surface area contributed by atoms with E-state index in [1.807, 2.05) is 13.8 Å². The summed E-state index contributed by atoms with van der Waals surface area (Å²) < 4.78 is 40.8. The summed E-state index contributed by atoms with van der Waals surface area (Å²) in [6.07, 6.45) is 0.469. The van der Waals surface area contributed by atoms with E-state index in [9.17, 15) is 12.8 Å². The van der Waals surface area contributed by atoms with Crippen LogP contribution in [0, 0.1) is 5.82 Å². The van der Waals surface area contributed by atoms with Crippen LogP contribution in [0.3, 0.4) is 0 Å². The number of primary sulfonamides is 1. The summed E-state index contributed by atoms with van der Waals surface area (Å²) in [5, 5.41) is 10.9. The molecule has 0 bridgehead atoms. The fourth-order valence-electron chi connectivity index (χ4n) is 1.83. The molecule has 1 unspecified atom stereocenters. The lowest BCUT2D eigenvalue weighted by Crippen LogP contribution is -2.41. The number of aliphatic imine (C=N–C) groups is 1. The Balaban J connectivity index is 0.00000576. The minimum Gasteiger partial charge on any atom is -0.488 e. The molecule has 10 heteroatoms. The molecule has 0 aliphatic carbocycles. The van der Waals surface area contributed by atoms with Gasteiger partial charge in [0.15, 0.2) is 5.96 Å². The molecule has 1 aromatic rings. The molecule has 0 amide bonds. The van der Waals surface area contributed by atoms with E-state index >= 15 is 0 Å². The van der Waals surface area contributed by atoms with Gasteiger partial charge in [-0.1, -0.05) is 13.0 Å². The SMILES string of the molecule is CCNC(=NCC(CC)Oc1cccc(F)c1)NCCS(N)(=O)=O.I. The summed E-state index contributed by atoms with van der Waals surface area (Å²) in [5.74, 6) is 0.379. The van der Waals surface area contributed by atoms with Crippen LogP contribution in [0.4, 0.5) is 4.39 Å². The summed E-state index contributed by atoms with van der Waals surface area (Å²) >= 11 is 0. The molecule has 7 nitrogen and oxygen atoms in total. The largest absolute Gasteiger partial charge is 0.488 e. The predicted octanol–water partition coefficient (Wildman–Crippen LogP) is 1.44. The first-order chi connectivity index (χ1) is 11.3. The molecule has 0 spiro atoms. The fourth-order valence-corrected chi connectivity index (χ4v) is 2.22. The van der Waals surface area contributed by atoms with Crippen molar-refractivity contribution >= 4 is 40.0 Å². The topological polar surface area (TPSA) is 106 Å². The molecule has 1 atom stereocenters. The second-order valence-electron chi connectivity index (χ2n) is 5.12. The Labute approximate surface area is 165 Å². The molecule has 1 aromatic carbocycles. The predicted molar refractivity (Wildman–Crippen MR) is 108 cm³/mol. The maximum atomic E-state index is 13.2. The van der Waals surface area contributed by atoms with Gasteiger partial charge in [0.1, 0.15) is 17.7 Å². The van der Waals surface area contributed by atoms with Crippen molar-refractivity contribution in [3.05, 3.63) is 30.1 Å². The molecule has 0 aromatic heterocycles. The number of hydrogen-bond acceptors (Lipinski definition) is 4. The van der Waals surface area contributed by atoms with E-state index in [1.54, 1.807) is 12.1 Å². The number of guanidine groups is 1. The van der Waals surface area contributed by atoms with Crippen LogP contribution in [0.1, 0.15) is 20.3 Å². The Morgan fingerprint density at radius 1 is 1.36 bits per heavy atom. The average molecular weight is 488 g/mol. The third kappa shape index (κ3) is 11.2. The van der Waals surface area contributed by atoms with Gasteiger partial charge in [-0.05, 0) is 25.5 Å². The molecule has 4 N–H and O–H groups in total. The van der Waals surface area contributed by atoms with Gasteiger partial charge in [-0.25, -0.2) is 22.9 Å². The number of benzene rings is 1. The zero-order valence-electron chi connectivity index (χ0n) is 14.4. The van der Waals surface area contributed by atoms with E-state index in [1.165, 1.54) is 12.1 Å². The molecule has 0 fully saturated rings. The highest BCUT2D eigenvalue weighted by molar-refractivity contribution is 14.0. The number of nitrogens with zero attached hydrogens (tertiary/aromatic N) is 1. The van der Waals surface area contributed by atoms with E-state index in [0.717, 1.165) is 0 Å². The Bertz CT molecular complexity index is 643. The summed E-state index contributed by atoms with van der Waals surface area (Å²) in [6.45, 7) is 4.98. The van der Waals surface area contributed by atoms with Gasteiger partial charge in [0.05, 0.1) is 12.3 Å². The Hall–Kier alpha value is -1.14. The van der Waals surface area contributed by atoms with Crippen LogP contribution >= 0.6 is 24.0 Å². The number of nitrogens with two attached hydrogens (primary N) is 1. The number of halogens is 2. The van der Waals surface area contributed by atoms with Crippen LogP contribution < -0.4 is 20.5 Å². The van der Waals surface area contributed by atoms with Gasteiger partial charge >= 0.3 is 0 Å². The van der Waals surface area contributed by atoms with E-state index in [0.29, 0.717) is 31.2 Å². The number of rotatable bonds is 9. The van der Waals surface area contributed by atoms with Gasteiger partial charge in [-0.2, -0.15) is 0 Å². The van der Waals surface area contributed by atoms with Gasteiger partial charge in [-0.15, -0.1) is 24.0 Å². The number of sulfonamides is 1. The first-order valence-electron chi connectivity index (χ1n) is 7.79. The zero-order chi connectivity index (χ0) is 18.0. The number of hydrogen-bond donors (Lipinski definition) is 3. The van der Waals surface area contributed by atoms with Crippen molar-refractivity contribution in [1.29, 1.82) is 0 Å². The van der Waals surface area contributed by atoms with E-state index in [2.05, 4.69) is 15.6 Å². The summed E-state index contributed by atoms with van der Waals surface area (Å²) in [5.41, 5.74) is 0. The average Bonchev–Trinajstić information content (AvgIpc) is 2.50. The van der Waals surface area contributed by atoms with E-state index < -0.39 is 10.0 Å². The number of nitrogens with one attached hydrogen (secondary N) is 2. The van der Waals surface area contributed by atoms with Crippen LogP contribution in [0.25, 0.3) is 0 Å². The van der Waals surface area contributed by atoms with Crippen LogP contribution in [0.2, 0.25) is 0 Å². The first-order valence-corrected chi connectivity index (χ1v) is 9.50. The Kier molecular flexibility index (Phi) is 11.7. The third-order valence-electron chi connectivity index (χ3n) is 3.03. The lowest BCUT2D eigenvalue weighted by atomic mass is 10.2. The van der Waals surface area contributed by atoms with Crippen molar-refractivity contribution in [1.82, 2.24) is 10.6 Å². The van der Waals surface area contributed by atoms with Gasteiger partial charge in [-0.3, -0.25) is 0 Å². The molecular weight excluding hydrogens is 462 g/mol. The maximum Gasteiger partial charge on any atom is 0.210 e. The van der Waals surface area contributed by atoms with Gasteiger partial charge in [0.25, 0.3) is 0 Å². The summed E-state index contributed by atoms with van der Waals surface area (Å²) in [6, 6.07) is 5.94. The lowest BCUT2D eigenvalue weighted by Gasteiger charge is -2.17. The smallest absolute Gasteiger partial charge is 0.210 e. The van der Waals surface area contributed by atoms with Crippen LogP contribution in [0.15, 0.2) is 29.3 Å². The van der Waals surface area contributed by atoms with Crippen molar-refractivity contribution in [2.45, 2.75) is 26.4 Å². The molecule has 0 heterocycles. The summed E-state index contributed by atoms with van der Waals surface area (Å²) in [7, 11) is -3.52. The van der Waals surface area contributed by atoms with Crippen molar-refractivity contribution in [2.75, 3.05) is 25.4 Å². The number of ether oxygens (including phenoxy) is 1. The van der Waals surface area contributed by atoms with Crippen LogP contribution in [-0.4, -0.2) is 45.9 Å². The van der Waals surface area contributed by atoms with Crippen molar-refractivity contribution in [2.24, 2.45) is 10.1 Å². The van der Waals surface area contributed by atoms with Crippen LogP contribution in [-0.2, 0) is 10.0 Å². The second-order valence-corrected chi connectivity index (χ2v) is 6.85. The highest BCUT2D eigenvalue weighted by Crippen LogP contribution is 2.15. The molecule has 1 rings (SSSR count). The quantitative estimate of drug-likeness (QED) is 0.277. The van der Waals surface area contributed by atoms with Gasteiger partial charge < -0.3 is 15.4 Å². The monoisotopic (exact) mass is 488 g/mol. The molecule has 0 aliphatic rings. The zero-order valence-corrected chi connectivity index (χ0v) is 17.5. The normalized spacial score (nSPS) is 12.9. The minimum absolute atomic E-state index is 0. The van der Waals surface area contributed by atoms with Crippen molar-refractivity contribution < 1.29 is 17.5 Å². The maximum absolute atomic E-state index is 13.2. The van der Waals surface area contributed by atoms with Crippen LogP contribution in [0.5, 0.6) is 5.75 Å². The van der Waals surface area contributed by atoms with E-state index in [4.69, 9.17) is 9.88 Å². The standard InChI is InChI=1S/C15H25FN4O3S.HI/c1-3-13(23-14-7-5-6-12(16)10-14)11-20-15(18-4-2)19-8-9-24(17,21)22;/h5-7,10,13H,3-4,8-9,11H2,1-2H3,(H2,17,21,22)(H2,18,19,20);1H. The highest BCUT2D eigenvalue weighted by Gasteiger charge is 2.09.